The SMILES string of the molecule is Cc1cccc(/C(=C/c2ccccc2)c2ccccc2)c1O. The van der Waals surface area contributed by atoms with Crippen LogP contribution in [0.1, 0.15) is 22.3 Å². The minimum Gasteiger partial charge on any atom is -0.507 e. The van der Waals surface area contributed by atoms with Gasteiger partial charge in [-0.2, -0.15) is 0 Å². The molecule has 0 saturated carbocycles. The number of benzene rings is 3. The van der Waals surface area contributed by atoms with Crippen LogP contribution in [0.5, 0.6) is 5.75 Å². The van der Waals surface area contributed by atoms with Crippen molar-refractivity contribution < 1.29 is 5.11 Å². The van der Waals surface area contributed by atoms with Gasteiger partial charge in [-0.25, -0.2) is 0 Å². The van der Waals surface area contributed by atoms with E-state index in [4.69, 9.17) is 0 Å². The lowest BCUT2D eigenvalue weighted by molar-refractivity contribution is 0.469. The number of para-hydroxylation sites is 1. The van der Waals surface area contributed by atoms with E-state index in [2.05, 4.69) is 30.3 Å². The fourth-order valence-electron chi connectivity index (χ4n) is 2.53. The molecule has 1 nitrogen and oxygen atoms in total. The van der Waals surface area contributed by atoms with E-state index in [9.17, 15) is 5.11 Å². The number of rotatable bonds is 3. The van der Waals surface area contributed by atoms with E-state index in [-0.39, 0.29) is 0 Å². The van der Waals surface area contributed by atoms with Gasteiger partial charge >= 0.3 is 0 Å². The summed E-state index contributed by atoms with van der Waals surface area (Å²) in [5, 5.41) is 10.5. The van der Waals surface area contributed by atoms with E-state index < -0.39 is 0 Å². The highest BCUT2D eigenvalue weighted by molar-refractivity contribution is 5.93. The van der Waals surface area contributed by atoms with Crippen molar-refractivity contribution in [2.24, 2.45) is 0 Å². The average molecular weight is 286 g/mol. The Hall–Kier alpha value is -2.80. The van der Waals surface area contributed by atoms with Gasteiger partial charge in [-0.15, -0.1) is 0 Å². The summed E-state index contributed by atoms with van der Waals surface area (Å²) < 4.78 is 0. The summed E-state index contributed by atoms with van der Waals surface area (Å²) in [6.45, 7) is 1.92. The Morgan fingerprint density at radius 2 is 1.41 bits per heavy atom. The summed E-state index contributed by atoms with van der Waals surface area (Å²) in [7, 11) is 0. The number of aromatic hydroxyl groups is 1. The quantitative estimate of drug-likeness (QED) is 0.649. The molecule has 22 heavy (non-hydrogen) atoms. The van der Waals surface area contributed by atoms with Crippen LogP contribution in [0.2, 0.25) is 0 Å². The van der Waals surface area contributed by atoms with Gasteiger partial charge < -0.3 is 5.11 Å². The molecule has 0 unspecified atom stereocenters. The van der Waals surface area contributed by atoms with Crippen LogP contribution in [-0.2, 0) is 0 Å². The fraction of sp³-hybridized carbons (Fsp3) is 0.0476. The largest absolute Gasteiger partial charge is 0.507 e. The topological polar surface area (TPSA) is 20.2 Å². The lowest BCUT2D eigenvalue weighted by Crippen LogP contribution is -1.90. The number of phenolic OH excluding ortho intramolecular Hbond substituents is 1. The summed E-state index contributed by atoms with van der Waals surface area (Å²) in [5.74, 6) is 0.341. The molecule has 3 rings (SSSR count). The summed E-state index contributed by atoms with van der Waals surface area (Å²) in [6.07, 6.45) is 2.11. The third kappa shape index (κ3) is 2.94. The third-order valence-electron chi connectivity index (χ3n) is 3.72. The molecule has 0 aliphatic heterocycles. The van der Waals surface area contributed by atoms with Crippen molar-refractivity contribution in [1.82, 2.24) is 0 Å². The van der Waals surface area contributed by atoms with Gasteiger partial charge in [0.25, 0.3) is 0 Å². The Labute approximate surface area is 131 Å². The first kappa shape index (κ1) is 14.2. The van der Waals surface area contributed by atoms with Gasteiger partial charge in [-0.1, -0.05) is 78.9 Å². The van der Waals surface area contributed by atoms with Crippen molar-refractivity contribution in [3.63, 3.8) is 0 Å². The molecule has 0 amide bonds. The van der Waals surface area contributed by atoms with E-state index in [1.807, 2.05) is 61.5 Å². The molecular weight excluding hydrogens is 268 g/mol. The van der Waals surface area contributed by atoms with E-state index in [1.165, 1.54) is 0 Å². The minimum atomic E-state index is 0.341. The zero-order chi connectivity index (χ0) is 15.4. The first-order chi connectivity index (χ1) is 10.8. The van der Waals surface area contributed by atoms with Crippen molar-refractivity contribution in [2.45, 2.75) is 6.92 Å². The zero-order valence-electron chi connectivity index (χ0n) is 12.5. The van der Waals surface area contributed by atoms with Crippen LogP contribution in [0.15, 0.2) is 78.9 Å². The van der Waals surface area contributed by atoms with Gasteiger partial charge in [0, 0.05) is 5.56 Å². The first-order valence-electron chi connectivity index (χ1n) is 7.37. The Kier molecular flexibility index (Phi) is 4.06. The summed E-state index contributed by atoms with van der Waals surface area (Å²) >= 11 is 0. The lowest BCUT2D eigenvalue weighted by Gasteiger charge is -2.12. The maximum absolute atomic E-state index is 10.5. The van der Waals surface area contributed by atoms with Gasteiger partial charge in [-0.3, -0.25) is 0 Å². The summed E-state index contributed by atoms with van der Waals surface area (Å²) in [6, 6.07) is 26.2. The van der Waals surface area contributed by atoms with Crippen LogP contribution in [-0.4, -0.2) is 5.11 Å². The van der Waals surface area contributed by atoms with Crippen LogP contribution in [0.3, 0.4) is 0 Å². The molecular formula is C21H18O. The van der Waals surface area contributed by atoms with Crippen molar-refractivity contribution >= 4 is 11.6 Å². The maximum atomic E-state index is 10.5. The lowest BCUT2D eigenvalue weighted by atomic mass is 9.94. The molecule has 0 saturated heterocycles. The fourth-order valence-corrected chi connectivity index (χ4v) is 2.53. The standard InChI is InChI=1S/C21H18O/c1-16-9-8-14-19(21(16)22)20(18-12-6-3-7-13-18)15-17-10-4-2-5-11-17/h2-15,22H,1H3/b20-15+. The van der Waals surface area contributed by atoms with Crippen molar-refractivity contribution in [2.75, 3.05) is 0 Å². The molecule has 0 aliphatic rings. The number of phenols is 1. The van der Waals surface area contributed by atoms with Gasteiger partial charge in [-0.05, 0) is 35.3 Å². The van der Waals surface area contributed by atoms with E-state index >= 15 is 0 Å². The minimum absolute atomic E-state index is 0.341. The normalized spacial score (nSPS) is 11.4. The van der Waals surface area contributed by atoms with Crippen LogP contribution in [0.4, 0.5) is 0 Å². The van der Waals surface area contributed by atoms with E-state index in [1.54, 1.807) is 0 Å². The van der Waals surface area contributed by atoms with Crippen molar-refractivity contribution in [3.05, 3.63) is 101 Å². The number of aryl methyl sites for hydroxylation is 1. The van der Waals surface area contributed by atoms with Crippen molar-refractivity contribution in [3.8, 4) is 5.75 Å². The molecule has 1 heteroatoms. The maximum Gasteiger partial charge on any atom is 0.126 e. The van der Waals surface area contributed by atoms with Crippen LogP contribution >= 0.6 is 0 Å². The summed E-state index contributed by atoms with van der Waals surface area (Å²) in [5.41, 5.74) is 4.96. The van der Waals surface area contributed by atoms with Gasteiger partial charge in [0.1, 0.15) is 5.75 Å². The molecule has 0 heterocycles. The number of hydrogen-bond acceptors (Lipinski definition) is 1. The Morgan fingerprint density at radius 3 is 2.09 bits per heavy atom. The Bertz CT molecular complexity index is 787. The third-order valence-corrected chi connectivity index (χ3v) is 3.72. The van der Waals surface area contributed by atoms with Crippen LogP contribution in [0, 0.1) is 6.92 Å². The molecule has 0 aromatic heterocycles. The molecule has 0 fully saturated rings. The molecule has 0 spiro atoms. The second-order valence-corrected chi connectivity index (χ2v) is 5.31. The second-order valence-electron chi connectivity index (χ2n) is 5.31. The average Bonchev–Trinajstić information content (AvgIpc) is 2.57. The van der Waals surface area contributed by atoms with E-state index in [0.717, 1.165) is 27.8 Å². The van der Waals surface area contributed by atoms with Gasteiger partial charge in [0.15, 0.2) is 0 Å². The molecule has 1 N–H and O–H groups in total. The second kappa shape index (κ2) is 6.31. The molecule has 0 atom stereocenters. The highest BCUT2D eigenvalue weighted by Gasteiger charge is 2.11. The first-order valence-corrected chi connectivity index (χ1v) is 7.37. The molecule has 0 bridgehead atoms. The van der Waals surface area contributed by atoms with Crippen LogP contribution < -0.4 is 0 Å². The molecule has 3 aromatic rings. The smallest absolute Gasteiger partial charge is 0.126 e. The monoisotopic (exact) mass is 286 g/mol. The molecule has 3 aromatic carbocycles. The van der Waals surface area contributed by atoms with E-state index in [0.29, 0.717) is 5.75 Å². The highest BCUT2D eigenvalue weighted by Crippen LogP contribution is 2.33. The zero-order valence-corrected chi connectivity index (χ0v) is 12.5. The molecule has 0 radical (unpaired) electrons. The Balaban J connectivity index is 2.20. The summed E-state index contributed by atoms with van der Waals surface area (Å²) in [4.78, 5) is 0. The van der Waals surface area contributed by atoms with Crippen LogP contribution in [0.25, 0.3) is 11.6 Å². The van der Waals surface area contributed by atoms with Crippen molar-refractivity contribution in [1.29, 1.82) is 0 Å². The number of hydrogen-bond donors (Lipinski definition) is 1. The molecule has 0 aliphatic carbocycles. The predicted octanol–water partition coefficient (Wildman–Crippen LogP) is 5.29. The predicted molar refractivity (Wildman–Crippen MR) is 92.7 cm³/mol. The molecule has 108 valence electrons. The van der Waals surface area contributed by atoms with Gasteiger partial charge in [0.2, 0.25) is 0 Å². The Morgan fingerprint density at radius 1 is 0.773 bits per heavy atom. The highest BCUT2D eigenvalue weighted by atomic mass is 16.3. The van der Waals surface area contributed by atoms with Gasteiger partial charge in [0.05, 0.1) is 0 Å².